The van der Waals surface area contributed by atoms with Crippen molar-refractivity contribution >= 4 is 0 Å². The van der Waals surface area contributed by atoms with Gasteiger partial charge in [-0.2, -0.15) is 0 Å². The lowest BCUT2D eigenvalue weighted by Gasteiger charge is -2.14. The molecule has 0 amide bonds. The largest absolute Gasteiger partial charge is 0.507 e. The van der Waals surface area contributed by atoms with E-state index in [1.54, 1.807) is 6.07 Å². The normalized spacial score (nSPS) is 12.1. The van der Waals surface area contributed by atoms with Gasteiger partial charge in [0, 0.05) is 24.7 Å². The van der Waals surface area contributed by atoms with Gasteiger partial charge in [-0.1, -0.05) is 42.8 Å². The maximum Gasteiger partial charge on any atom is 0.123 e. The lowest BCUT2D eigenvalue weighted by Crippen LogP contribution is -2.21. The molecule has 0 bridgehead atoms. The first-order valence-electron chi connectivity index (χ1n) is 8.00. The zero-order valence-electron chi connectivity index (χ0n) is 13.7. The number of nitrogens with one attached hydrogen (secondary N) is 1. The highest BCUT2D eigenvalue weighted by molar-refractivity contribution is 5.39. The zero-order valence-corrected chi connectivity index (χ0v) is 13.7. The van der Waals surface area contributed by atoms with Crippen molar-refractivity contribution in [1.82, 2.24) is 5.32 Å². The Morgan fingerprint density at radius 3 is 2.70 bits per heavy atom. The maximum absolute atomic E-state index is 10.2. The van der Waals surface area contributed by atoms with E-state index in [0.717, 1.165) is 23.1 Å². The molecule has 3 N–H and O–H groups in total. The third-order valence-corrected chi connectivity index (χ3v) is 3.61. The Bertz CT molecular complexity index is 628. The number of aromatic hydroxyl groups is 1. The number of phenols is 1. The predicted octanol–water partition coefficient (Wildman–Crippen LogP) is 3.31. The smallest absolute Gasteiger partial charge is 0.123 e. The molecule has 124 valence electrons. The summed E-state index contributed by atoms with van der Waals surface area (Å²) in [7, 11) is 0. The van der Waals surface area contributed by atoms with Crippen molar-refractivity contribution in [2.45, 2.75) is 32.9 Å². The van der Waals surface area contributed by atoms with Crippen molar-refractivity contribution in [3.63, 3.8) is 0 Å². The van der Waals surface area contributed by atoms with Crippen LogP contribution in [0.2, 0.25) is 0 Å². The molecule has 0 radical (unpaired) electrons. The van der Waals surface area contributed by atoms with Crippen molar-refractivity contribution in [2.75, 3.05) is 13.2 Å². The van der Waals surface area contributed by atoms with Crippen LogP contribution in [0.15, 0.2) is 42.5 Å². The van der Waals surface area contributed by atoms with Gasteiger partial charge in [-0.15, -0.1) is 0 Å². The average molecular weight is 315 g/mol. The molecule has 1 unspecified atom stereocenters. The van der Waals surface area contributed by atoms with E-state index in [-0.39, 0.29) is 5.75 Å². The van der Waals surface area contributed by atoms with E-state index in [0.29, 0.717) is 25.4 Å². The molecular formula is C19H25NO3. The second-order valence-electron chi connectivity index (χ2n) is 5.70. The molecule has 0 heterocycles. The topological polar surface area (TPSA) is 61.7 Å². The van der Waals surface area contributed by atoms with Gasteiger partial charge in [0.05, 0.1) is 12.7 Å². The van der Waals surface area contributed by atoms with Gasteiger partial charge in [-0.3, -0.25) is 0 Å². The number of aryl methyl sites for hydroxylation is 1. The van der Waals surface area contributed by atoms with E-state index in [4.69, 9.17) is 4.74 Å². The quantitative estimate of drug-likeness (QED) is 0.699. The fraction of sp³-hybridized carbons (Fsp3) is 0.368. The molecule has 0 fully saturated rings. The SMILES string of the molecule is CCCOc1ccc(CNCC(O)c2cccc(C)c2)c(O)c1. The van der Waals surface area contributed by atoms with Gasteiger partial charge < -0.3 is 20.3 Å². The average Bonchev–Trinajstić information content (AvgIpc) is 2.54. The fourth-order valence-corrected chi connectivity index (χ4v) is 2.34. The van der Waals surface area contributed by atoms with Crippen LogP contribution in [-0.2, 0) is 6.54 Å². The summed E-state index contributed by atoms with van der Waals surface area (Å²) >= 11 is 0. The van der Waals surface area contributed by atoms with E-state index < -0.39 is 6.10 Å². The van der Waals surface area contributed by atoms with Gasteiger partial charge in [0.15, 0.2) is 0 Å². The number of aliphatic hydroxyl groups is 1. The molecule has 4 heteroatoms. The molecule has 0 aromatic heterocycles. The Balaban J connectivity index is 1.86. The lowest BCUT2D eigenvalue weighted by molar-refractivity contribution is 0.174. The number of benzene rings is 2. The molecule has 2 aromatic carbocycles. The molecule has 1 atom stereocenters. The van der Waals surface area contributed by atoms with Crippen LogP contribution in [0.5, 0.6) is 11.5 Å². The van der Waals surface area contributed by atoms with Crippen LogP contribution in [0.3, 0.4) is 0 Å². The summed E-state index contributed by atoms with van der Waals surface area (Å²) in [4.78, 5) is 0. The molecule has 0 saturated carbocycles. The summed E-state index contributed by atoms with van der Waals surface area (Å²) in [5.74, 6) is 0.879. The van der Waals surface area contributed by atoms with Crippen LogP contribution in [0.1, 0.15) is 36.1 Å². The second kappa shape index (κ2) is 8.56. The Morgan fingerprint density at radius 1 is 1.17 bits per heavy atom. The Morgan fingerprint density at radius 2 is 2.00 bits per heavy atom. The van der Waals surface area contributed by atoms with Crippen LogP contribution < -0.4 is 10.1 Å². The summed E-state index contributed by atoms with van der Waals surface area (Å²) < 4.78 is 5.48. The molecule has 2 rings (SSSR count). The number of rotatable bonds is 8. The summed E-state index contributed by atoms with van der Waals surface area (Å²) in [6.45, 7) is 5.60. The third kappa shape index (κ3) is 5.27. The lowest BCUT2D eigenvalue weighted by atomic mass is 10.1. The highest BCUT2D eigenvalue weighted by atomic mass is 16.5. The standard InChI is InChI=1S/C19H25NO3/c1-3-9-23-17-8-7-16(18(21)11-17)12-20-13-19(22)15-6-4-5-14(2)10-15/h4-8,10-11,19-22H,3,9,12-13H2,1-2H3. The van der Waals surface area contributed by atoms with Gasteiger partial charge in [0.1, 0.15) is 11.5 Å². The van der Waals surface area contributed by atoms with E-state index in [1.807, 2.05) is 50.2 Å². The molecule has 23 heavy (non-hydrogen) atoms. The van der Waals surface area contributed by atoms with Gasteiger partial charge in [-0.25, -0.2) is 0 Å². The maximum atomic E-state index is 10.2. The minimum absolute atomic E-state index is 0.205. The van der Waals surface area contributed by atoms with E-state index in [1.165, 1.54) is 0 Å². The molecule has 0 aliphatic rings. The Kier molecular flexibility index (Phi) is 6.44. The van der Waals surface area contributed by atoms with Crippen molar-refractivity contribution < 1.29 is 14.9 Å². The molecule has 0 aliphatic carbocycles. The fourth-order valence-electron chi connectivity index (χ4n) is 2.34. The summed E-state index contributed by atoms with van der Waals surface area (Å²) in [5.41, 5.74) is 2.80. The first-order valence-corrected chi connectivity index (χ1v) is 8.00. The van der Waals surface area contributed by atoms with Crippen molar-refractivity contribution in [2.24, 2.45) is 0 Å². The highest BCUT2D eigenvalue weighted by Crippen LogP contribution is 2.24. The van der Waals surface area contributed by atoms with Crippen LogP contribution in [-0.4, -0.2) is 23.4 Å². The van der Waals surface area contributed by atoms with Crippen LogP contribution >= 0.6 is 0 Å². The first-order chi connectivity index (χ1) is 11.1. The minimum Gasteiger partial charge on any atom is -0.507 e. The Hall–Kier alpha value is -2.04. The van der Waals surface area contributed by atoms with Gasteiger partial charge in [-0.05, 0) is 25.0 Å². The van der Waals surface area contributed by atoms with Gasteiger partial charge in [0.25, 0.3) is 0 Å². The molecule has 0 spiro atoms. The number of phenolic OH excluding ortho intramolecular Hbond substituents is 1. The monoisotopic (exact) mass is 315 g/mol. The Labute approximate surface area is 137 Å². The predicted molar refractivity (Wildman–Crippen MR) is 91.7 cm³/mol. The zero-order chi connectivity index (χ0) is 16.7. The summed E-state index contributed by atoms with van der Waals surface area (Å²) in [5, 5.41) is 23.4. The van der Waals surface area contributed by atoms with Gasteiger partial charge in [0.2, 0.25) is 0 Å². The first kappa shape index (κ1) is 17.3. The van der Waals surface area contributed by atoms with E-state index in [9.17, 15) is 10.2 Å². The second-order valence-corrected chi connectivity index (χ2v) is 5.70. The number of hydrogen-bond acceptors (Lipinski definition) is 4. The molecule has 2 aromatic rings. The summed E-state index contributed by atoms with van der Waals surface area (Å²) in [6, 6.07) is 13.2. The number of aliphatic hydroxyl groups excluding tert-OH is 1. The van der Waals surface area contributed by atoms with E-state index in [2.05, 4.69) is 5.32 Å². The molecular weight excluding hydrogens is 290 g/mol. The minimum atomic E-state index is -0.566. The number of ether oxygens (including phenoxy) is 1. The van der Waals surface area contributed by atoms with Crippen molar-refractivity contribution in [3.8, 4) is 11.5 Å². The van der Waals surface area contributed by atoms with Crippen molar-refractivity contribution in [1.29, 1.82) is 0 Å². The third-order valence-electron chi connectivity index (χ3n) is 3.61. The molecule has 0 aliphatic heterocycles. The molecule has 0 saturated heterocycles. The number of hydrogen-bond donors (Lipinski definition) is 3. The highest BCUT2D eigenvalue weighted by Gasteiger charge is 2.08. The summed E-state index contributed by atoms with van der Waals surface area (Å²) in [6.07, 6.45) is 0.366. The van der Waals surface area contributed by atoms with Gasteiger partial charge >= 0.3 is 0 Å². The van der Waals surface area contributed by atoms with E-state index >= 15 is 0 Å². The van der Waals surface area contributed by atoms with Crippen LogP contribution in [0.4, 0.5) is 0 Å². The van der Waals surface area contributed by atoms with Crippen LogP contribution in [0, 0.1) is 6.92 Å². The van der Waals surface area contributed by atoms with Crippen molar-refractivity contribution in [3.05, 3.63) is 59.2 Å². The van der Waals surface area contributed by atoms with Crippen LogP contribution in [0.25, 0.3) is 0 Å². The molecule has 4 nitrogen and oxygen atoms in total.